The normalized spacial score (nSPS) is 11.9. The van der Waals surface area contributed by atoms with E-state index < -0.39 is 16.9 Å². The Hall–Kier alpha value is -3.59. The maximum atomic E-state index is 13.5. The summed E-state index contributed by atoms with van der Waals surface area (Å²) < 4.78 is 28.5. The number of carbonyl (C=O) groups is 1. The number of hydrogen-bond acceptors (Lipinski definition) is 5. The van der Waals surface area contributed by atoms with Gasteiger partial charge >= 0.3 is 0 Å². The smallest absolute Gasteiger partial charge is 0.237 e. The number of pyridine rings is 1. The molecule has 0 fully saturated rings. The van der Waals surface area contributed by atoms with Gasteiger partial charge in [0, 0.05) is 29.7 Å². The van der Waals surface area contributed by atoms with Gasteiger partial charge in [-0.2, -0.15) is 0 Å². The third-order valence-electron chi connectivity index (χ3n) is 4.75. The Morgan fingerprint density at radius 3 is 2.59 bits per heavy atom. The molecule has 0 aliphatic heterocycles. The molecule has 0 radical (unpaired) electrons. The fraction of sp³-hybridized carbons (Fsp3) is 0.130. The number of nitrogens with zero attached hydrogens (tertiary/aromatic N) is 4. The van der Waals surface area contributed by atoms with Crippen LogP contribution in [0.2, 0.25) is 0 Å². The van der Waals surface area contributed by atoms with E-state index in [2.05, 4.69) is 20.5 Å². The highest BCUT2D eigenvalue weighted by atomic mass is 32.2. The fourth-order valence-electron chi connectivity index (χ4n) is 3.09. The van der Waals surface area contributed by atoms with Gasteiger partial charge in [-0.05, 0) is 49.7 Å². The lowest BCUT2D eigenvalue weighted by Crippen LogP contribution is -2.23. The highest BCUT2D eigenvalue weighted by molar-refractivity contribution is 8.00. The Kier molecular flexibility index (Phi) is 6.27. The molecule has 0 saturated carbocycles. The molecule has 162 valence electrons. The average Bonchev–Trinajstić information content (AvgIpc) is 3.20. The highest BCUT2D eigenvalue weighted by Gasteiger charge is 2.23. The van der Waals surface area contributed by atoms with Gasteiger partial charge in [-0.1, -0.05) is 30.0 Å². The molecule has 2 aromatic heterocycles. The SMILES string of the molecule is Cc1ccccc1-n1c(SC(C)C(=O)Nc2ccc(F)c(F)c2)nnc1-c1cccnc1. The van der Waals surface area contributed by atoms with Gasteiger partial charge < -0.3 is 5.32 Å². The first kappa shape index (κ1) is 21.6. The number of thioether (sulfide) groups is 1. The molecule has 4 rings (SSSR count). The zero-order valence-electron chi connectivity index (χ0n) is 17.3. The zero-order valence-corrected chi connectivity index (χ0v) is 18.1. The minimum absolute atomic E-state index is 0.178. The summed E-state index contributed by atoms with van der Waals surface area (Å²) >= 11 is 1.21. The number of nitrogens with one attached hydrogen (secondary N) is 1. The van der Waals surface area contributed by atoms with E-state index in [4.69, 9.17) is 0 Å². The van der Waals surface area contributed by atoms with Gasteiger partial charge in [0.25, 0.3) is 0 Å². The maximum absolute atomic E-state index is 13.5. The molecule has 0 saturated heterocycles. The van der Waals surface area contributed by atoms with Gasteiger partial charge in [0.2, 0.25) is 5.91 Å². The number of halogens is 2. The standard InChI is InChI=1S/C23H19F2N5OS/c1-14-6-3-4-8-20(14)30-21(16-7-5-11-26-13-16)28-29-23(30)32-15(2)22(31)27-17-9-10-18(24)19(25)12-17/h3-13,15H,1-2H3,(H,27,31). The van der Waals surface area contributed by atoms with Crippen LogP contribution in [0, 0.1) is 18.6 Å². The molecular formula is C23H19F2N5OS. The molecule has 9 heteroatoms. The summed E-state index contributed by atoms with van der Waals surface area (Å²) in [6, 6.07) is 14.7. The average molecular weight is 452 g/mol. The summed E-state index contributed by atoms with van der Waals surface area (Å²) in [6.07, 6.45) is 3.38. The van der Waals surface area contributed by atoms with E-state index >= 15 is 0 Å². The van der Waals surface area contributed by atoms with Gasteiger partial charge in [-0.15, -0.1) is 10.2 Å². The molecule has 0 aliphatic rings. The molecule has 1 N–H and O–H groups in total. The highest BCUT2D eigenvalue weighted by Crippen LogP contribution is 2.31. The summed E-state index contributed by atoms with van der Waals surface area (Å²) in [6.45, 7) is 3.69. The van der Waals surface area contributed by atoms with Crippen molar-refractivity contribution in [3.8, 4) is 17.1 Å². The van der Waals surface area contributed by atoms with Crippen LogP contribution in [0.1, 0.15) is 12.5 Å². The van der Waals surface area contributed by atoms with E-state index in [1.807, 2.05) is 47.9 Å². The Bertz CT molecular complexity index is 1260. The van der Waals surface area contributed by atoms with Crippen molar-refractivity contribution in [2.75, 3.05) is 5.32 Å². The lowest BCUT2D eigenvalue weighted by Gasteiger charge is -2.15. The van der Waals surface area contributed by atoms with Gasteiger partial charge in [0.15, 0.2) is 22.6 Å². The Labute approximate surface area is 187 Å². The number of anilines is 1. The number of aromatic nitrogens is 4. The third kappa shape index (κ3) is 4.52. The molecule has 32 heavy (non-hydrogen) atoms. The van der Waals surface area contributed by atoms with E-state index in [-0.39, 0.29) is 11.6 Å². The number of para-hydroxylation sites is 1. The predicted octanol–water partition coefficient (Wildman–Crippen LogP) is 5.04. The van der Waals surface area contributed by atoms with Crippen LogP contribution < -0.4 is 5.32 Å². The minimum Gasteiger partial charge on any atom is -0.325 e. The van der Waals surface area contributed by atoms with E-state index in [0.717, 1.165) is 28.9 Å². The largest absolute Gasteiger partial charge is 0.325 e. The van der Waals surface area contributed by atoms with E-state index in [0.29, 0.717) is 11.0 Å². The van der Waals surface area contributed by atoms with Crippen LogP contribution in [-0.2, 0) is 4.79 Å². The Morgan fingerprint density at radius 2 is 1.88 bits per heavy atom. The molecule has 0 bridgehead atoms. The van der Waals surface area contributed by atoms with Crippen molar-refractivity contribution in [2.24, 2.45) is 0 Å². The van der Waals surface area contributed by atoms with Gasteiger partial charge in [-0.3, -0.25) is 14.3 Å². The Balaban J connectivity index is 1.64. The molecule has 4 aromatic rings. The van der Waals surface area contributed by atoms with Gasteiger partial charge in [0.05, 0.1) is 10.9 Å². The fourth-order valence-corrected chi connectivity index (χ4v) is 3.95. The van der Waals surface area contributed by atoms with Crippen molar-refractivity contribution in [3.63, 3.8) is 0 Å². The molecule has 2 aromatic carbocycles. The van der Waals surface area contributed by atoms with Crippen molar-refractivity contribution < 1.29 is 13.6 Å². The van der Waals surface area contributed by atoms with Crippen molar-refractivity contribution >= 4 is 23.4 Å². The van der Waals surface area contributed by atoms with Crippen LogP contribution in [-0.4, -0.2) is 30.9 Å². The molecule has 0 aliphatic carbocycles. The molecule has 1 atom stereocenters. The number of benzene rings is 2. The Morgan fingerprint density at radius 1 is 1.06 bits per heavy atom. The first-order valence-corrected chi connectivity index (χ1v) is 10.7. The van der Waals surface area contributed by atoms with Crippen LogP contribution in [0.15, 0.2) is 72.1 Å². The van der Waals surface area contributed by atoms with Crippen LogP contribution in [0.25, 0.3) is 17.1 Å². The first-order chi connectivity index (χ1) is 15.4. The van der Waals surface area contributed by atoms with Gasteiger partial charge in [0.1, 0.15) is 0 Å². The molecule has 6 nitrogen and oxygen atoms in total. The third-order valence-corrected chi connectivity index (χ3v) is 5.79. The minimum atomic E-state index is -1.02. The number of rotatable bonds is 6. The molecular weight excluding hydrogens is 432 g/mol. The summed E-state index contributed by atoms with van der Waals surface area (Å²) in [7, 11) is 0. The lowest BCUT2D eigenvalue weighted by atomic mass is 10.2. The van der Waals surface area contributed by atoms with Crippen LogP contribution in [0.3, 0.4) is 0 Å². The summed E-state index contributed by atoms with van der Waals surface area (Å²) in [4.78, 5) is 16.9. The molecule has 0 spiro atoms. The number of carbonyl (C=O) groups excluding carboxylic acids is 1. The van der Waals surface area contributed by atoms with E-state index in [9.17, 15) is 13.6 Å². The quantitative estimate of drug-likeness (QED) is 0.416. The number of hydrogen-bond donors (Lipinski definition) is 1. The summed E-state index contributed by atoms with van der Waals surface area (Å²) in [5.41, 5.74) is 2.86. The topological polar surface area (TPSA) is 72.7 Å². The van der Waals surface area contributed by atoms with Crippen molar-refractivity contribution in [3.05, 3.63) is 84.2 Å². The van der Waals surface area contributed by atoms with Crippen LogP contribution >= 0.6 is 11.8 Å². The maximum Gasteiger partial charge on any atom is 0.237 e. The second-order valence-corrected chi connectivity index (χ2v) is 8.36. The van der Waals surface area contributed by atoms with Crippen LogP contribution in [0.4, 0.5) is 14.5 Å². The van der Waals surface area contributed by atoms with Crippen molar-refractivity contribution in [2.45, 2.75) is 24.3 Å². The van der Waals surface area contributed by atoms with E-state index in [1.54, 1.807) is 19.3 Å². The van der Waals surface area contributed by atoms with Crippen molar-refractivity contribution in [1.82, 2.24) is 19.7 Å². The number of aryl methyl sites for hydroxylation is 1. The second kappa shape index (κ2) is 9.27. The molecule has 2 heterocycles. The monoisotopic (exact) mass is 451 g/mol. The van der Waals surface area contributed by atoms with Gasteiger partial charge in [-0.25, -0.2) is 8.78 Å². The van der Waals surface area contributed by atoms with Crippen LogP contribution in [0.5, 0.6) is 0 Å². The first-order valence-electron chi connectivity index (χ1n) is 9.78. The molecule has 1 amide bonds. The van der Waals surface area contributed by atoms with E-state index in [1.165, 1.54) is 17.8 Å². The number of amides is 1. The second-order valence-electron chi connectivity index (χ2n) is 7.05. The summed E-state index contributed by atoms with van der Waals surface area (Å²) in [5, 5.41) is 11.2. The molecule has 1 unspecified atom stereocenters. The van der Waals surface area contributed by atoms with Crippen molar-refractivity contribution in [1.29, 1.82) is 0 Å². The lowest BCUT2D eigenvalue weighted by molar-refractivity contribution is -0.115. The predicted molar refractivity (Wildman–Crippen MR) is 120 cm³/mol. The zero-order chi connectivity index (χ0) is 22.7. The summed E-state index contributed by atoms with van der Waals surface area (Å²) in [5.74, 6) is -1.77.